The molecule has 3 N–H and O–H groups in total. The second-order valence-corrected chi connectivity index (χ2v) is 4.54. The average Bonchev–Trinajstić information content (AvgIpc) is 2.09. The summed E-state index contributed by atoms with van der Waals surface area (Å²) in [5.74, 6) is 0.546. The molecule has 0 saturated heterocycles. The average molecular weight is 309 g/mol. The van der Waals surface area contributed by atoms with E-state index in [0.717, 1.165) is 0 Å². The van der Waals surface area contributed by atoms with E-state index in [1.165, 1.54) is 4.57 Å². The predicted molar refractivity (Wildman–Crippen MR) is 63.3 cm³/mol. The van der Waals surface area contributed by atoms with Crippen LogP contribution in [0.2, 0.25) is 0 Å². The van der Waals surface area contributed by atoms with Gasteiger partial charge >= 0.3 is 5.69 Å². The maximum atomic E-state index is 11.4. The van der Waals surface area contributed by atoms with Crippen molar-refractivity contribution in [3.8, 4) is 0 Å². The van der Waals surface area contributed by atoms with Gasteiger partial charge in [-0.3, -0.25) is 14.3 Å². The zero-order chi connectivity index (χ0) is 10.9. The Morgan fingerprint density at radius 1 is 1.50 bits per heavy atom. The van der Waals surface area contributed by atoms with Crippen LogP contribution in [0, 0.1) is 9.49 Å². The highest BCUT2D eigenvalue weighted by molar-refractivity contribution is 14.1. The quantitative estimate of drug-likeness (QED) is 0.775. The van der Waals surface area contributed by atoms with E-state index in [1.54, 1.807) is 0 Å². The van der Waals surface area contributed by atoms with Crippen molar-refractivity contribution in [3.63, 3.8) is 0 Å². The molecule has 14 heavy (non-hydrogen) atoms. The molecule has 0 aliphatic carbocycles. The van der Waals surface area contributed by atoms with Gasteiger partial charge < -0.3 is 5.73 Å². The monoisotopic (exact) mass is 309 g/mol. The van der Waals surface area contributed by atoms with Crippen molar-refractivity contribution in [1.29, 1.82) is 0 Å². The molecule has 1 heterocycles. The van der Waals surface area contributed by atoms with Gasteiger partial charge in [0.25, 0.3) is 5.56 Å². The molecule has 0 unspecified atom stereocenters. The third-order valence-corrected chi connectivity index (χ3v) is 2.77. The highest BCUT2D eigenvalue weighted by Crippen LogP contribution is 2.08. The summed E-state index contributed by atoms with van der Waals surface area (Å²) >= 11 is 1.83. The molecule has 0 bridgehead atoms. The lowest BCUT2D eigenvalue weighted by Crippen LogP contribution is -2.34. The molecule has 1 rings (SSSR count). The number of nitrogens with zero attached hydrogens (tertiary/aromatic N) is 1. The fraction of sp³-hybridized carbons (Fsp3) is 0.500. The molecule has 0 aromatic carbocycles. The normalized spacial score (nSPS) is 10.9. The van der Waals surface area contributed by atoms with Gasteiger partial charge in [-0.15, -0.1) is 0 Å². The van der Waals surface area contributed by atoms with Gasteiger partial charge in [0.05, 0.1) is 0 Å². The molecule has 1 aromatic rings. The van der Waals surface area contributed by atoms with Crippen LogP contribution in [-0.4, -0.2) is 9.55 Å². The summed E-state index contributed by atoms with van der Waals surface area (Å²) < 4.78 is 1.75. The van der Waals surface area contributed by atoms with Crippen LogP contribution in [0.15, 0.2) is 9.59 Å². The van der Waals surface area contributed by atoms with Crippen LogP contribution >= 0.6 is 22.6 Å². The Labute approximate surface area is 94.5 Å². The second-order valence-electron chi connectivity index (χ2n) is 3.46. The summed E-state index contributed by atoms with van der Waals surface area (Å²) in [6, 6.07) is 0. The van der Waals surface area contributed by atoms with Crippen LogP contribution in [0.5, 0.6) is 0 Å². The molecule has 0 atom stereocenters. The van der Waals surface area contributed by atoms with E-state index in [2.05, 4.69) is 4.98 Å². The topological polar surface area (TPSA) is 80.9 Å². The van der Waals surface area contributed by atoms with E-state index in [4.69, 9.17) is 5.73 Å². The number of aromatic amines is 1. The third kappa shape index (κ3) is 2.17. The number of nitrogens with one attached hydrogen (secondary N) is 1. The second kappa shape index (κ2) is 4.16. The minimum Gasteiger partial charge on any atom is -0.384 e. The SMILES string of the molecule is CC(C)Cn1c(N)c(I)c(=O)[nH]c1=O. The molecule has 78 valence electrons. The zero-order valence-corrected chi connectivity index (χ0v) is 10.2. The van der Waals surface area contributed by atoms with Gasteiger partial charge in [0.1, 0.15) is 9.39 Å². The Morgan fingerprint density at radius 2 is 2.07 bits per heavy atom. The standard InChI is InChI=1S/C8H12IN3O2/c1-4(2)3-12-6(10)5(9)7(13)11-8(12)14/h4H,3,10H2,1-2H3,(H,11,13,14). The van der Waals surface area contributed by atoms with E-state index < -0.39 is 11.2 Å². The van der Waals surface area contributed by atoms with E-state index >= 15 is 0 Å². The summed E-state index contributed by atoms with van der Waals surface area (Å²) in [6.07, 6.45) is 0. The van der Waals surface area contributed by atoms with Gasteiger partial charge in [-0.05, 0) is 28.5 Å². The van der Waals surface area contributed by atoms with Crippen LogP contribution in [0.25, 0.3) is 0 Å². The van der Waals surface area contributed by atoms with Crippen LogP contribution in [-0.2, 0) is 6.54 Å². The Kier molecular flexibility index (Phi) is 3.35. The smallest absolute Gasteiger partial charge is 0.329 e. The molecule has 0 fully saturated rings. The predicted octanol–water partition coefficient (Wildman–Crippen LogP) is 0.379. The lowest BCUT2D eigenvalue weighted by Gasteiger charge is -2.11. The van der Waals surface area contributed by atoms with Gasteiger partial charge in [-0.25, -0.2) is 4.79 Å². The summed E-state index contributed by atoms with van der Waals surface area (Å²) in [6.45, 7) is 4.46. The van der Waals surface area contributed by atoms with Gasteiger partial charge in [-0.2, -0.15) is 0 Å². The molecule has 0 amide bonds. The van der Waals surface area contributed by atoms with Gasteiger partial charge in [-0.1, -0.05) is 13.8 Å². The molecule has 0 aliphatic rings. The number of rotatable bonds is 2. The first kappa shape index (κ1) is 11.3. The first-order valence-corrected chi connectivity index (χ1v) is 5.29. The minimum absolute atomic E-state index is 0.244. The summed E-state index contributed by atoms with van der Waals surface area (Å²) in [5, 5.41) is 0. The third-order valence-electron chi connectivity index (χ3n) is 1.73. The number of aromatic nitrogens is 2. The number of nitrogens with two attached hydrogens (primary N) is 1. The maximum absolute atomic E-state index is 11.4. The number of anilines is 1. The lowest BCUT2D eigenvalue weighted by molar-refractivity contribution is 0.506. The van der Waals surface area contributed by atoms with Gasteiger partial charge in [0.2, 0.25) is 0 Å². The van der Waals surface area contributed by atoms with E-state index in [1.807, 2.05) is 36.4 Å². The number of nitrogen functional groups attached to an aromatic ring is 1. The zero-order valence-electron chi connectivity index (χ0n) is 8.00. The molecule has 0 radical (unpaired) electrons. The highest BCUT2D eigenvalue weighted by Gasteiger charge is 2.09. The minimum atomic E-state index is -0.443. The van der Waals surface area contributed by atoms with Crippen molar-refractivity contribution in [2.45, 2.75) is 20.4 Å². The largest absolute Gasteiger partial charge is 0.384 e. The Hall–Kier alpha value is -0.790. The van der Waals surface area contributed by atoms with E-state index in [0.29, 0.717) is 16.0 Å². The molecule has 1 aromatic heterocycles. The van der Waals surface area contributed by atoms with Crippen LogP contribution in [0.1, 0.15) is 13.8 Å². The Bertz CT molecular complexity index is 447. The number of halogens is 1. The molecule has 0 aliphatic heterocycles. The number of hydrogen-bond donors (Lipinski definition) is 2. The van der Waals surface area contributed by atoms with Crippen molar-refractivity contribution in [2.24, 2.45) is 5.92 Å². The number of hydrogen-bond acceptors (Lipinski definition) is 3. The highest BCUT2D eigenvalue weighted by atomic mass is 127. The fourth-order valence-electron chi connectivity index (χ4n) is 1.11. The van der Waals surface area contributed by atoms with E-state index in [9.17, 15) is 9.59 Å². The first-order chi connectivity index (χ1) is 6.43. The molecule has 0 saturated carbocycles. The van der Waals surface area contributed by atoms with Crippen molar-refractivity contribution in [1.82, 2.24) is 9.55 Å². The summed E-state index contributed by atoms with van der Waals surface area (Å²) in [5.41, 5.74) is 4.80. The van der Waals surface area contributed by atoms with Crippen LogP contribution in [0.3, 0.4) is 0 Å². The number of H-pyrrole nitrogens is 1. The summed E-state index contributed by atoms with van der Waals surface area (Å²) in [7, 11) is 0. The molecule has 0 spiro atoms. The fourth-order valence-corrected chi connectivity index (χ4v) is 1.54. The molecule has 5 nitrogen and oxygen atoms in total. The maximum Gasteiger partial charge on any atom is 0.329 e. The van der Waals surface area contributed by atoms with Crippen molar-refractivity contribution >= 4 is 28.4 Å². The van der Waals surface area contributed by atoms with Crippen LogP contribution < -0.4 is 17.0 Å². The van der Waals surface area contributed by atoms with Crippen LogP contribution in [0.4, 0.5) is 5.82 Å². The van der Waals surface area contributed by atoms with Crippen molar-refractivity contribution in [3.05, 3.63) is 24.4 Å². The van der Waals surface area contributed by atoms with Crippen molar-refractivity contribution in [2.75, 3.05) is 5.73 Å². The van der Waals surface area contributed by atoms with Gasteiger partial charge in [0.15, 0.2) is 0 Å². The molecular formula is C8H12IN3O2. The Morgan fingerprint density at radius 3 is 2.57 bits per heavy atom. The van der Waals surface area contributed by atoms with E-state index in [-0.39, 0.29) is 5.82 Å². The molecule has 6 heteroatoms. The lowest BCUT2D eigenvalue weighted by atomic mass is 10.2. The Balaban J connectivity index is 3.37. The van der Waals surface area contributed by atoms with Crippen molar-refractivity contribution < 1.29 is 0 Å². The first-order valence-electron chi connectivity index (χ1n) is 4.21. The summed E-state index contributed by atoms with van der Waals surface area (Å²) in [4.78, 5) is 24.7. The molecular weight excluding hydrogens is 297 g/mol. The van der Waals surface area contributed by atoms with Gasteiger partial charge in [0, 0.05) is 6.54 Å².